The Balaban J connectivity index is 1.70. The standard InChI is InChI=1S/C15H15BrN2O4S/c1-21-13-6-2-3-7-14(13)23(19,20)18-9-11(10-18)22-15-12(16)5-4-8-17-15/h2-8,11H,9-10H2,1H3. The lowest BCUT2D eigenvalue weighted by Gasteiger charge is -2.37. The summed E-state index contributed by atoms with van der Waals surface area (Å²) in [6.45, 7) is 0.562. The molecule has 2 heterocycles. The number of hydrogen-bond donors (Lipinski definition) is 0. The number of hydrogen-bond acceptors (Lipinski definition) is 5. The molecule has 1 aromatic carbocycles. The Morgan fingerprint density at radius 1 is 1.22 bits per heavy atom. The van der Waals surface area contributed by atoms with Crippen LogP contribution in [0.3, 0.4) is 0 Å². The highest BCUT2D eigenvalue weighted by Gasteiger charge is 2.39. The van der Waals surface area contributed by atoms with Crippen molar-refractivity contribution in [1.82, 2.24) is 9.29 Å². The van der Waals surface area contributed by atoms with E-state index in [1.54, 1.807) is 30.5 Å². The number of ether oxygens (including phenoxy) is 2. The third-order valence-corrected chi connectivity index (χ3v) is 5.98. The summed E-state index contributed by atoms with van der Waals surface area (Å²) in [6.07, 6.45) is 1.41. The predicted octanol–water partition coefficient (Wildman–Crippen LogP) is 2.30. The number of nitrogens with zero attached hydrogens (tertiary/aromatic N) is 2. The van der Waals surface area contributed by atoms with Crippen LogP contribution in [-0.4, -0.2) is 44.0 Å². The van der Waals surface area contributed by atoms with E-state index in [0.717, 1.165) is 4.47 Å². The molecule has 23 heavy (non-hydrogen) atoms. The van der Waals surface area contributed by atoms with E-state index in [4.69, 9.17) is 9.47 Å². The maximum absolute atomic E-state index is 12.6. The summed E-state index contributed by atoms with van der Waals surface area (Å²) in [5.74, 6) is 0.802. The summed E-state index contributed by atoms with van der Waals surface area (Å²) in [7, 11) is -2.13. The van der Waals surface area contributed by atoms with E-state index in [1.807, 2.05) is 6.07 Å². The zero-order valence-corrected chi connectivity index (χ0v) is 14.7. The highest BCUT2D eigenvalue weighted by Crippen LogP contribution is 2.31. The highest BCUT2D eigenvalue weighted by molar-refractivity contribution is 9.10. The Hall–Kier alpha value is -1.64. The van der Waals surface area contributed by atoms with Crippen molar-refractivity contribution in [2.24, 2.45) is 0 Å². The summed E-state index contributed by atoms with van der Waals surface area (Å²) in [5, 5.41) is 0. The number of methoxy groups -OCH3 is 1. The predicted molar refractivity (Wildman–Crippen MR) is 88.1 cm³/mol. The van der Waals surface area contributed by atoms with Crippen LogP contribution in [0.15, 0.2) is 52.0 Å². The van der Waals surface area contributed by atoms with Gasteiger partial charge < -0.3 is 9.47 Å². The molecule has 0 saturated carbocycles. The number of pyridine rings is 1. The molecule has 1 aliphatic heterocycles. The van der Waals surface area contributed by atoms with Crippen LogP contribution < -0.4 is 9.47 Å². The zero-order valence-electron chi connectivity index (χ0n) is 12.3. The molecule has 1 saturated heterocycles. The Morgan fingerprint density at radius 2 is 1.96 bits per heavy atom. The number of para-hydroxylation sites is 1. The summed E-state index contributed by atoms with van der Waals surface area (Å²) in [5.41, 5.74) is 0. The smallest absolute Gasteiger partial charge is 0.247 e. The fraction of sp³-hybridized carbons (Fsp3) is 0.267. The SMILES string of the molecule is COc1ccccc1S(=O)(=O)N1CC(Oc2ncccc2Br)C1. The van der Waals surface area contributed by atoms with Crippen LogP contribution in [0.25, 0.3) is 0 Å². The first-order chi connectivity index (χ1) is 11.0. The Kier molecular flexibility index (Phi) is 4.56. The van der Waals surface area contributed by atoms with Crippen molar-refractivity contribution >= 4 is 26.0 Å². The lowest BCUT2D eigenvalue weighted by molar-refractivity contribution is 0.0712. The average Bonchev–Trinajstić information content (AvgIpc) is 2.51. The number of sulfonamides is 1. The van der Waals surface area contributed by atoms with E-state index in [0.29, 0.717) is 11.6 Å². The highest BCUT2D eigenvalue weighted by atomic mass is 79.9. The van der Waals surface area contributed by atoms with Crippen molar-refractivity contribution in [2.75, 3.05) is 20.2 Å². The normalized spacial score (nSPS) is 15.9. The third-order valence-electron chi connectivity index (χ3n) is 3.50. The van der Waals surface area contributed by atoms with Gasteiger partial charge in [-0.25, -0.2) is 13.4 Å². The van der Waals surface area contributed by atoms with Gasteiger partial charge in [-0.15, -0.1) is 0 Å². The first-order valence-electron chi connectivity index (χ1n) is 6.92. The first kappa shape index (κ1) is 16.2. The van der Waals surface area contributed by atoms with E-state index in [2.05, 4.69) is 20.9 Å². The molecule has 0 radical (unpaired) electrons. The van der Waals surface area contributed by atoms with Gasteiger partial charge in [0.2, 0.25) is 15.9 Å². The Labute approximate surface area is 143 Å². The molecule has 6 nitrogen and oxygen atoms in total. The molecule has 0 bridgehead atoms. The molecule has 0 unspecified atom stereocenters. The average molecular weight is 399 g/mol. The van der Waals surface area contributed by atoms with Gasteiger partial charge in [-0.2, -0.15) is 4.31 Å². The van der Waals surface area contributed by atoms with Gasteiger partial charge in [0.1, 0.15) is 16.7 Å². The van der Waals surface area contributed by atoms with Gasteiger partial charge in [-0.05, 0) is 40.2 Å². The summed E-state index contributed by atoms with van der Waals surface area (Å²) < 4.78 is 38.2. The monoisotopic (exact) mass is 398 g/mol. The number of benzene rings is 1. The fourth-order valence-electron chi connectivity index (χ4n) is 2.26. The molecule has 0 amide bonds. The molecule has 0 aliphatic carbocycles. The molecular formula is C15H15BrN2O4S. The number of halogens is 1. The van der Waals surface area contributed by atoms with Gasteiger partial charge in [0, 0.05) is 6.20 Å². The molecule has 0 N–H and O–H groups in total. The largest absolute Gasteiger partial charge is 0.495 e. The van der Waals surface area contributed by atoms with Crippen molar-refractivity contribution in [3.8, 4) is 11.6 Å². The second-order valence-electron chi connectivity index (χ2n) is 5.00. The minimum absolute atomic E-state index is 0.167. The van der Waals surface area contributed by atoms with Crippen LogP contribution in [0, 0.1) is 0 Å². The van der Waals surface area contributed by atoms with Crippen LogP contribution in [-0.2, 0) is 10.0 Å². The molecule has 3 rings (SSSR count). The molecule has 0 atom stereocenters. The summed E-state index contributed by atoms with van der Waals surface area (Å²) in [4.78, 5) is 4.28. The molecule has 8 heteroatoms. The molecule has 1 aromatic heterocycles. The van der Waals surface area contributed by atoms with Gasteiger partial charge in [0.15, 0.2) is 0 Å². The molecule has 122 valence electrons. The van der Waals surface area contributed by atoms with Crippen molar-refractivity contribution in [3.05, 3.63) is 47.1 Å². The van der Waals surface area contributed by atoms with Gasteiger partial charge in [0.05, 0.1) is 24.7 Å². The van der Waals surface area contributed by atoms with Crippen LogP contribution >= 0.6 is 15.9 Å². The molecule has 0 spiro atoms. The second kappa shape index (κ2) is 6.46. The van der Waals surface area contributed by atoms with E-state index in [1.165, 1.54) is 17.5 Å². The van der Waals surface area contributed by atoms with Crippen molar-refractivity contribution in [2.45, 2.75) is 11.0 Å². The zero-order chi connectivity index (χ0) is 16.4. The van der Waals surface area contributed by atoms with Crippen molar-refractivity contribution in [1.29, 1.82) is 0 Å². The van der Waals surface area contributed by atoms with Crippen molar-refractivity contribution < 1.29 is 17.9 Å². The fourth-order valence-corrected chi connectivity index (χ4v) is 4.27. The number of rotatable bonds is 5. The Bertz CT molecular complexity index is 807. The minimum atomic E-state index is -3.58. The van der Waals surface area contributed by atoms with Gasteiger partial charge in [0.25, 0.3) is 0 Å². The summed E-state index contributed by atoms with van der Waals surface area (Å²) in [6, 6.07) is 10.2. The van der Waals surface area contributed by atoms with Gasteiger partial charge in [-0.1, -0.05) is 12.1 Å². The van der Waals surface area contributed by atoms with Crippen LogP contribution in [0.4, 0.5) is 0 Å². The van der Waals surface area contributed by atoms with E-state index in [9.17, 15) is 8.42 Å². The van der Waals surface area contributed by atoms with Crippen LogP contribution in [0.5, 0.6) is 11.6 Å². The molecule has 2 aromatic rings. The number of aromatic nitrogens is 1. The quantitative estimate of drug-likeness (QED) is 0.772. The van der Waals surface area contributed by atoms with E-state index < -0.39 is 10.0 Å². The minimum Gasteiger partial charge on any atom is -0.495 e. The second-order valence-corrected chi connectivity index (χ2v) is 7.76. The van der Waals surface area contributed by atoms with Crippen LogP contribution in [0.1, 0.15) is 0 Å². The molecular weight excluding hydrogens is 384 g/mol. The van der Waals surface area contributed by atoms with E-state index >= 15 is 0 Å². The lowest BCUT2D eigenvalue weighted by atomic mass is 10.2. The first-order valence-corrected chi connectivity index (χ1v) is 9.16. The maximum Gasteiger partial charge on any atom is 0.247 e. The van der Waals surface area contributed by atoms with Gasteiger partial charge in [-0.3, -0.25) is 0 Å². The molecule has 1 fully saturated rings. The topological polar surface area (TPSA) is 68.7 Å². The van der Waals surface area contributed by atoms with Crippen LogP contribution in [0.2, 0.25) is 0 Å². The lowest BCUT2D eigenvalue weighted by Crippen LogP contribution is -2.56. The Morgan fingerprint density at radius 3 is 2.65 bits per heavy atom. The summed E-state index contributed by atoms with van der Waals surface area (Å²) >= 11 is 3.35. The third kappa shape index (κ3) is 3.19. The van der Waals surface area contributed by atoms with E-state index in [-0.39, 0.29) is 24.1 Å². The van der Waals surface area contributed by atoms with Gasteiger partial charge >= 0.3 is 0 Å². The molecule has 1 aliphatic rings. The maximum atomic E-state index is 12.6. The van der Waals surface area contributed by atoms with Crippen molar-refractivity contribution in [3.63, 3.8) is 0 Å².